The van der Waals surface area contributed by atoms with E-state index >= 15 is 0 Å². The molecule has 1 saturated carbocycles. The highest BCUT2D eigenvalue weighted by Gasteiger charge is 2.55. The van der Waals surface area contributed by atoms with Gasteiger partial charge in [-0.05, 0) is 25.0 Å². The van der Waals surface area contributed by atoms with E-state index in [9.17, 15) is 5.11 Å². The van der Waals surface area contributed by atoms with Crippen molar-refractivity contribution in [2.75, 3.05) is 0 Å². The van der Waals surface area contributed by atoms with Crippen LogP contribution in [0.3, 0.4) is 0 Å². The average Bonchev–Trinajstić information content (AvgIpc) is 3.03. The van der Waals surface area contributed by atoms with Gasteiger partial charge in [-0.2, -0.15) is 0 Å². The van der Waals surface area contributed by atoms with Crippen molar-refractivity contribution in [2.24, 2.45) is 0 Å². The van der Waals surface area contributed by atoms with E-state index in [-0.39, 0.29) is 18.3 Å². The van der Waals surface area contributed by atoms with Crippen molar-refractivity contribution in [1.29, 1.82) is 0 Å². The molecule has 0 spiro atoms. The summed E-state index contributed by atoms with van der Waals surface area (Å²) in [6, 6.07) is 20.1. The molecule has 1 N–H and O–H groups in total. The maximum Gasteiger partial charge on any atom is 0.164 e. The lowest BCUT2D eigenvalue weighted by molar-refractivity contribution is -0.186. The SMILES string of the molecule is CC1(C)O[C@H]2[C@@H](O1)[C@@H](O)C[C@@H](OCc1ccccc1)[C@@H]2OCc1ccccc1. The van der Waals surface area contributed by atoms with Crippen molar-refractivity contribution in [3.8, 4) is 0 Å². The fourth-order valence-corrected chi connectivity index (χ4v) is 4.00. The van der Waals surface area contributed by atoms with E-state index in [1.165, 1.54) is 0 Å². The Morgan fingerprint density at radius 1 is 0.857 bits per heavy atom. The summed E-state index contributed by atoms with van der Waals surface area (Å²) in [6.45, 7) is 4.66. The van der Waals surface area contributed by atoms with Gasteiger partial charge in [-0.1, -0.05) is 60.7 Å². The van der Waals surface area contributed by atoms with Gasteiger partial charge in [-0.25, -0.2) is 0 Å². The third-order valence-electron chi connectivity index (χ3n) is 5.30. The largest absolute Gasteiger partial charge is 0.390 e. The van der Waals surface area contributed by atoms with Crippen LogP contribution >= 0.6 is 0 Å². The Hall–Kier alpha value is -1.76. The predicted octanol–water partition coefficient (Wildman–Crippen LogP) is 3.44. The Kier molecular flexibility index (Phi) is 5.80. The fraction of sp³-hybridized carbons (Fsp3) is 0.478. The third-order valence-corrected chi connectivity index (χ3v) is 5.30. The van der Waals surface area contributed by atoms with Crippen LogP contribution in [0.5, 0.6) is 0 Å². The van der Waals surface area contributed by atoms with Gasteiger partial charge in [0.2, 0.25) is 0 Å². The molecule has 4 rings (SSSR count). The minimum absolute atomic E-state index is 0.280. The zero-order valence-corrected chi connectivity index (χ0v) is 16.4. The van der Waals surface area contributed by atoms with Gasteiger partial charge in [0.1, 0.15) is 18.3 Å². The molecule has 150 valence electrons. The molecule has 2 aromatic rings. The van der Waals surface area contributed by atoms with Crippen LogP contribution in [-0.4, -0.2) is 41.4 Å². The minimum Gasteiger partial charge on any atom is -0.390 e. The zero-order valence-electron chi connectivity index (χ0n) is 16.4. The molecule has 0 aromatic heterocycles. The molecule has 0 radical (unpaired) electrons. The summed E-state index contributed by atoms with van der Waals surface area (Å²) < 4.78 is 24.6. The van der Waals surface area contributed by atoms with E-state index in [0.29, 0.717) is 19.6 Å². The summed E-state index contributed by atoms with van der Waals surface area (Å²) in [5.74, 6) is -0.751. The highest BCUT2D eigenvalue weighted by Crippen LogP contribution is 2.39. The van der Waals surface area contributed by atoms with Crippen molar-refractivity contribution in [2.45, 2.75) is 69.8 Å². The number of hydrogen-bond donors (Lipinski definition) is 1. The molecule has 5 heteroatoms. The quantitative estimate of drug-likeness (QED) is 0.827. The first-order chi connectivity index (χ1) is 13.5. The normalized spacial score (nSPS) is 31.5. The second-order valence-electron chi connectivity index (χ2n) is 7.96. The van der Waals surface area contributed by atoms with Gasteiger partial charge in [0.15, 0.2) is 5.79 Å². The van der Waals surface area contributed by atoms with Crippen LogP contribution in [-0.2, 0) is 32.2 Å². The number of rotatable bonds is 6. The standard InChI is InChI=1S/C23H28O5/c1-23(2)27-20-18(24)13-19(25-14-16-9-5-3-6-10-16)21(22(20)28-23)26-15-17-11-7-4-8-12-17/h3-12,18-22,24H,13-15H2,1-2H3/t18-,19+,20-,21-,22-/m0/s1. The second kappa shape index (κ2) is 8.31. The van der Waals surface area contributed by atoms with Crippen LogP contribution in [0.25, 0.3) is 0 Å². The molecule has 1 saturated heterocycles. The van der Waals surface area contributed by atoms with Crippen molar-refractivity contribution in [3.63, 3.8) is 0 Å². The van der Waals surface area contributed by atoms with Gasteiger partial charge in [0.25, 0.3) is 0 Å². The molecule has 0 unspecified atom stereocenters. The van der Waals surface area contributed by atoms with Gasteiger partial charge in [-0.15, -0.1) is 0 Å². The summed E-state index contributed by atoms with van der Waals surface area (Å²) in [4.78, 5) is 0. The zero-order chi connectivity index (χ0) is 19.6. The van der Waals surface area contributed by atoms with E-state index in [2.05, 4.69) is 0 Å². The molecule has 5 nitrogen and oxygen atoms in total. The average molecular weight is 384 g/mol. The first-order valence-electron chi connectivity index (χ1n) is 9.86. The van der Waals surface area contributed by atoms with Gasteiger partial charge in [0.05, 0.1) is 25.4 Å². The van der Waals surface area contributed by atoms with Crippen LogP contribution in [0.1, 0.15) is 31.4 Å². The number of aliphatic hydroxyl groups is 1. The summed E-state index contributed by atoms with van der Waals surface area (Å²) >= 11 is 0. The van der Waals surface area contributed by atoms with E-state index < -0.39 is 18.0 Å². The van der Waals surface area contributed by atoms with Gasteiger partial charge in [-0.3, -0.25) is 0 Å². The molecule has 1 aliphatic carbocycles. The highest BCUT2D eigenvalue weighted by molar-refractivity contribution is 5.15. The van der Waals surface area contributed by atoms with Crippen molar-refractivity contribution >= 4 is 0 Å². The lowest BCUT2D eigenvalue weighted by atomic mass is 9.87. The van der Waals surface area contributed by atoms with E-state index in [4.69, 9.17) is 18.9 Å². The molecule has 28 heavy (non-hydrogen) atoms. The van der Waals surface area contributed by atoms with Crippen LogP contribution < -0.4 is 0 Å². The minimum atomic E-state index is -0.751. The van der Waals surface area contributed by atoms with Crippen molar-refractivity contribution < 1.29 is 24.1 Å². The third kappa shape index (κ3) is 4.45. The molecule has 0 bridgehead atoms. The Morgan fingerprint density at radius 2 is 1.39 bits per heavy atom. The summed E-state index contributed by atoms with van der Waals surface area (Å²) in [6.07, 6.45) is -1.58. The van der Waals surface area contributed by atoms with Gasteiger partial charge in [0, 0.05) is 6.42 Å². The molecule has 2 aliphatic rings. The molecular formula is C23H28O5. The summed E-state index contributed by atoms with van der Waals surface area (Å²) in [5, 5.41) is 10.6. The van der Waals surface area contributed by atoms with Crippen molar-refractivity contribution in [3.05, 3.63) is 71.8 Å². The fourth-order valence-electron chi connectivity index (χ4n) is 4.00. The Balaban J connectivity index is 1.50. The predicted molar refractivity (Wildman–Crippen MR) is 104 cm³/mol. The number of fused-ring (bicyclic) bond motifs is 1. The first kappa shape index (κ1) is 19.6. The van der Waals surface area contributed by atoms with E-state index in [1.807, 2.05) is 74.5 Å². The molecule has 0 amide bonds. The molecule has 2 fully saturated rings. The number of hydrogen-bond acceptors (Lipinski definition) is 5. The lowest BCUT2D eigenvalue weighted by Crippen LogP contribution is -2.56. The summed E-state index contributed by atoms with van der Waals surface area (Å²) in [7, 11) is 0. The molecule has 5 atom stereocenters. The van der Waals surface area contributed by atoms with Crippen LogP contribution in [0.4, 0.5) is 0 Å². The van der Waals surface area contributed by atoms with E-state index in [0.717, 1.165) is 11.1 Å². The first-order valence-corrected chi connectivity index (χ1v) is 9.86. The Morgan fingerprint density at radius 3 is 2.00 bits per heavy atom. The Bertz CT molecular complexity index is 748. The Labute approximate surface area is 166 Å². The topological polar surface area (TPSA) is 57.2 Å². The van der Waals surface area contributed by atoms with Crippen LogP contribution in [0.15, 0.2) is 60.7 Å². The molecule has 1 heterocycles. The molecular weight excluding hydrogens is 356 g/mol. The number of aliphatic hydroxyl groups excluding tert-OH is 1. The number of benzene rings is 2. The van der Waals surface area contributed by atoms with Crippen LogP contribution in [0, 0.1) is 0 Å². The molecule has 1 aliphatic heterocycles. The number of ether oxygens (including phenoxy) is 4. The lowest BCUT2D eigenvalue weighted by Gasteiger charge is -2.40. The second-order valence-corrected chi connectivity index (χ2v) is 7.96. The van der Waals surface area contributed by atoms with E-state index in [1.54, 1.807) is 0 Å². The van der Waals surface area contributed by atoms with Crippen molar-refractivity contribution in [1.82, 2.24) is 0 Å². The van der Waals surface area contributed by atoms with Gasteiger partial charge < -0.3 is 24.1 Å². The smallest absolute Gasteiger partial charge is 0.164 e. The molecule has 2 aromatic carbocycles. The maximum atomic E-state index is 10.6. The van der Waals surface area contributed by atoms with Crippen LogP contribution in [0.2, 0.25) is 0 Å². The van der Waals surface area contributed by atoms with Gasteiger partial charge >= 0.3 is 0 Å². The summed E-state index contributed by atoms with van der Waals surface area (Å²) in [5.41, 5.74) is 2.18. The monoisotopic (exact) mass is 384 g/mol. The maximum absolute atomic E-state index is 10.6. The highest BCUT2D eigenvalue weighted by atomic mass is 16.8.